The number of hydrogen-bond acceptors (Lipinski definition) is 2. The number of unbranched alkanes of at least 4 members (excludes halogenated alkanes) is 10. The van der Waals surface area contributed by atoms with Gasteiger partial charge in [0.1, 0.15) is 0 Å². The van der Waals surface area contributed by atoms with Crippen LogP contribution in [0.15, 0.2) is 0 Å². The third kappa shape index (κ3) is 15.6. The number of hydrogen-bond donors (Lipinski definition) is 2. The topological polar surface area (TPSA) is 52.0 Å². The van der Waals surface area contributed by atoms with Gasteiger partial charge in [-0.2, -0.15) is 0 Å². The van der Waals surface area contributed by atoms with Crippen molar-refractivity contribution in [2.24, 2.45) is 11.5 Å². The zero-order valence-electron chi connectivity index (χ0n) is 16.3. The Hall–Kier alpha value is 0.920. The van der Waals surface area contributed by atoms with Crippen LogP contribution in [-0.2, 0) is 0 Å². The summed E-state index contributed by atoms with van der Waals surface area (Å²) < 4.78 is 0. The predicted molar refractivity (Wildman–Crippen MR) is 93.1 cm³/mol. The first kappa shape index (κ1) is 24.2. The summed E-state index contributed by atoms with van der Waals surface area (Å²) in [6.45, 7) is 5.18. The SMILES string of the molecule is CCCCCCCCC(N)(CN)CCCCCCCC.[H-].[Na+]. The van der Waals surface area contributed by atoms with E-state index in [9.17, 15) is 0 Å². The first-order valence-electron chi connectivity index (χ1n) is 9.17. The molecule has 3 heteroatoms. The third-order valence-corrected chi connectivity index (χ3v) is 4.46. The second-order valence-corrected chi connectivity index (χ2v) is 6.60. The summed E-state index contributed by atoms with van der Waals surface area (Å²) in [7, 11) is 0. The Bertz CT molecular complexity index is 188. The van der Waals surface area contributed by atoms with Crippen molar-refractivity contribution >= 4 is 0 Å². The van der Waals surface area contributed by atoms with E-state index in [1.54, 1.807) is 0 Å². The minimum atomic E-state index is -0.0878. The molecule has 0 heterocycles. The molecule has 2 nitrogen and oxygen atoms in total. The van der Waals surface area contributed by atoms with Crippen LogP contribution in [0.5, 0.6) is 0 Å². The van der Waals surface area contributed by atoms with Crippen molar-refractivity contribution in [3.63, 3.8) is 0 Å². The van der Waals surface area contributed by atoms with Crippen molar-refractivity contribution in [1.29, 1.82) is 0 Å². The van der Waals surface area contributed by atoms with E-state index >= 15 is 0 Å². The first-order valence-corrected chi connectivity index (χ1v) is 9.17. The van der Waals surface area contributed by atoms with Gasteiger partial charge >= 0.3 is 29.6 Å². The van der Waals surface area contributed by atoms with Gasteiger partial charge in [-0.05, 0) is 12.8 Å². The molecule has 0 aromatic heterocycles. The Morgan fingerprint density at radius 2 is 1.00 bits per heavy atom. The molecule has 0 aliphatic rings. The van der Waals surface area contributed by atoms with Crippen LogP contribution in [0, 0.1) is 0 Å². The van der Waals surface area contributed by atoms with E-state index < -0.39 is 0 Å². The molecule has 0 aromatic carbocycles. The Labute approximate surface area is 158 Å². The molecular weight excluding hydrogens is 267 g/mol. The minimum absolute atomic E-state index is 0. The first-order chi connectivity index (χ1) is 9.68. The van der Waals surface area contributed by atoms with Crippen LogP contribution < -0.4 is 41.0 Å². The maximum atomic E-state index is 6.45. The normalized spacial score (nSPS) is 11.4. The molecule has 0 aliphatic carbocycles. The fourth-order valence-electron chi connectivity index (χ4n) is 2.84. The van der Waals surface area contributed by atoms with Gasteiger partial charge in [0.25, 0.3) is 0 Å². The fraction of sp³-hybridized carbons (Fsp3) is 1.00. The van der Waals surface area contributed by atoms with Gasteiger partial charge in [0.15, 0.2) is 0 Å². The molecule has 0 aromatic rings. The fourth-order valence-corrected chi connectivity index (χ4v) is 2.84. The van der Waals surface area contributed by atoms with E-state index in [4.69, 9.17) is 11.5 Å². The predicted octanol–water partition coefficient (Wildman–Crippen LogP) is 2.26. The molecule has 0 fully saturated rings. The van der Waals surface area contributed by atoms with Gasteiger partial charge in [0.2, 0.25) is 0 Å². The van der Waals surface area contributed by atoms with Gasteiger partial charge in [0.05, 0.1) is 0 Å². The van der Waals surface area contributed by atoms with Gasteiger partial charge in [0, 0.05) is 12.1 Å². The van der Waals surface area contributed by atoms with E-state index in [2.05, 4.69) is 13.8 Å². The molecule has 0 bridgehead atoms. The zero-order chi connectivity index (χ0) is 15.1. The van der Waals surface area contributed by atoms with E-state index in [1.807, 2.05) is 0 Å². The second-order valence-electron chi connectivity index (χ2n) is 6.60. The van der Waals surface area contributed by atoms with Gasteiger partial charge in [-0.15, -0.1) is 0 Å². The molecule has 0 atom stereocenters. The molecule has 0 rings (SSSR count). The molecule has 0 saturated carbocycles. The van der Waals surface area contributed by atoms with Gasteiger partial charge in [-0.1, -0.05) is 90.9 Å². The number of nitrogens with two attached hydrogens (primary N) is 2. The van der Waals surface area contributed by atoms with Crippen LogP contribution >= 0.6 is 0 Å². The molecule has 0 radical (unpaired) electrons. The maximum absolute atomic E-state index is 6.45. The average Bonchev–Trinajstić information content (AvgIpc) is 2.46. The number of rotatable bonds is 15. The van der Waals surface area contributed by atoms with Gasteiger partial charge in [-0.25, -0.2) is 0 Å². The summed E-state index contributed by atoms with van der Waals surface area (Å²) in [5.41, 5.74) is 12.3. The Kier molecular flexibility index (Phi) is 19.9. The molecule has 4 N–H and O–H groups in total. The molecule has 21 heavy (non-hydrogen) atoms. The summed E-state index contributed by atoms with van der Waals surface area (Å²) in [5.74, 6) is 0. The van der Waals surface area contributed by atoms with Crippen molar-refractivity contribution in [2.45, 2.75) is 109 Å². The van der Waals surface area contributed by atoms with Crippen molar-refractivity contribution in [2.75, 3.05) is 6.54 Å². The third-order valence-electron chi connectivity index (χ3n) is 4.46. The second kappa shape index (κ2) is 17.3. The molecule has 124 valence electrons. The van der Waals surface area contributed by atoms with Crippen LogP contribution in [0.25, 0.3) is 0 Å². The minimum Gasteiger partial charge on any atom is -1.00 e. The largest absolute Gasteiger partial charge is 1.00 e. The van der Waals surface area contributed by atoms with Crippen molar-refractivity contribution in [3.8, 4) is 0 Å². The summed E-state index contributed by atoms with van der Waals surface area (Å²) in [6.07, 6.45) is 18.3. The van der Waals surface area contributed by atoms with E-state index in [-0.39, 0.29) is 36.5 Å². The van der Waals surface area contributed by atoms with Crippen LogP contribution in [0.2, 0.25) is 0 Å². The van der Waals surface area contributed by atoms with Gasteiger partial charge < -0.3 is 12.9 Å². The molecule has 0 aliphatic heterocycles. The zero-order valence-corrected chi connectivity index (χ0v) is 17.3. The van der Waals surface area contributed by atoms with Crippen molar-refractivity contribution < 1.29 is 31.0 Å². The molecule has 0 spiro atoms. The van der Waals surface area contributed by atoms with Gasteiger partial charge in [-0.3, -0.25) is 0 Å². The molecular formula is C18H41N2Na. The van der Waals surface area contributed by atoms with E-state index in [0.29, 0.717) is 6.54 Å². The molecule has 0 saturated heterocycles. The van der Waals surface area contributed by atoms with Crippen LogP contribution in [0.4, 0.5) is 0 Å². The summed E-state index contributed by atoms with van der Waals surface area (Å²) in [4.78, 5) is 0. The quantitative estimate of drug-likeness (QED) is 0.360. The summed E-state index contributed by atoms with van der Waals surface area (Å²) >= 11 is 0. The maximum Gasteiger partial charge on any atom is 1.00 e. The molecule has 0 unspecified atom stereocenters. The van der Waals surface area contributed by atoms with Crippen LogP contribution in [0.3, 0.4) is 0 Å². The standard InChI is InChI=1S/C18H40N2.Na.H/c1-3-5-7-9-11-13-15-18(20,17-19)16-14-12-10-8-6-4-2;;/h3-17,19-20H2,1-2H3;;/q;+1;-1. The average molecular weight is 309 g/mol. The smallest absolute Gasteiger partial charge is 1.00 e. The summed E-state index contributed by atoms with van der Waals surface area (Å²) in [5, 5.41) is 0. The van der Waals surface area contributed by atoms with Crippen LogP contribution in [-0.4, -0.2) is 12.1 Å². The molecule has 0 amide bonds. The summed E-state index contributed by atoms with van der Waals surface area (Å²) in [6, 6.07) is 0. The van der Waals surface area contributed by atoms with E-state index in [1.165, 1.54) is 77.0 Å². The Morgan fingerprint density at radius 1 is 0.667 bits per heavy atom. The van der Waals surface area contributed by atoms with Crippen molar-refractivity contribution in [1.82, 2.24) is 0 Å². The Balaban J connectivity index is -0.00000180. The van der Waals surface area contributed by atoms with Crippen LogP contribution in [0.1, 0.15) is 105 Å². The van der Waals surface area contributed by atoms with E-state index in [0.717, 1.165) is 12.8 Å². The van der Waals surface area contributed by atoms with Crippen molar-refractivity contribution in [3.05, 3.63) is 0 Å². The monoisotopic (exact) mass is 308 g/mol. The Morgan fingerprint density at radius 3 is 1.33 bits per heavy atom.